The molecule has 10 heteroatoms. The highest BCUT2D eigenvalue weighted by molar-refractivity contribution is 6.02. The minimum atomic E-state index is -0.484. The van der Waals surface area contributed by atoms with Gasteiger partial charge in [0, 0.05) is 97.6 Å². The molecule has 0 aromatic heterocycles. The monoisotopic (exact) mass is 715 g/mol. The molecule has 10 nitrogen and oxygen atoms in total. The first-order valence-electron chi connectivity index (χ1n) is 19.6. The van der Waals surface area contributed by atoms with Crippen LogP contribution in [0.4, 0.5) is 5.69 Å². The number of hydrogen-bond acceptors (Lipinski definition) is 7. The summed E-state index contributed by atoms with van der Waals surface area (Å²) in [5, 5.41) is 3.39. The summed E-state index contributed by atoms with van der Waals surface area (Å²) < 4.78 is 9.79. The van der Waals surface area contributed by atoms with Gasteiger partial charge in [0.2, 0.25) is 5.36 Å². The highest BCUT2D eigenvalue weighted by Gasteiger charge is 2.37. The first kappa shape index (κ1) is 33.8. The van der Waals surface area contributed by atoms with Gasteiger partial charge in [0.15, 0.2) is 0 Å². The normalized spacial score (nSPS) is 18.6. The molecule has 0 radical (unpaired) electrons. The van der Waals surface area contributed by atoms with Crippen molar-refractivity contribution in [3.8, 4) is 11.5 Å². The molecule has 0 saturated carbocycles. The Labute approximate surface area is 309 Å². The third-order valence-corrected chi connectivity index (χ3v) is 12.3. The zero-order chi connectivity index (χ0) is 36.2. The van der Waals surface area contributed by atoms with Gasteiger partial charge in [-0.05, 0) is 80.7 Å². The Morgan fingerprint density at radius 1 is 0.887 bits per heavy atom. The van der Waals surface area contributed by atoms with Gasteiger partial charge in [-0.25, -0.2) is 9.37 Å². The van der Waals surface area contributed by atoms with E-state index in [0.717, 1.165) is 116 Å². The molecule has 2 amide bonds. The molecule has 53 heavy (non-hydrogen) atoms. The summed E-state index contributed by atoms with van der Waals surface area (Å²) in [6.07, 6.45) is 10.1. The number of rotatable bonds is 6. The molecule has 1 saturated heterocycles. The SMILES string of the molecule is CN(OC(=O)C1CCN(C(=O)c2ccccc2C2=c3cc4c5c(c3Oc3c2cc2c6c3CCCN6CCC2)CCC[N+]=5CCC4)CC1)C(=O)CCC=O. The van der Waals surface area contributed by atoms with E-state index in [0.29, 0.717) is 37.8 Å². The van der Waals surface area contributed by atoms with E-state index < -0.39 is 17.8 Å². The Kier molecular flexibility index (Phi) is 8.79. The molecule has 0 spiro atoms. The summed E-state index contributed by atoms with van der Waals surface area (Å²) in [6, 6.07) is 12.8. The topological polar surface area (TPSA) is 99.5 Å². The molecule has 0 unspecified atom stereocenters. The standard InChI is InChI=1S/C43H47N4O6/c1-44(36(49)15-8-24-48)53-43(51)27-16-22-47(23-17-27)42(50)31-12-3-2-11-30(31)37-34-25-28-9-4-18-45-20-6-13-32(38(28)45)40(34)52-41-33-14-7-21-46-19-5-10-29(39(33)46)26-35(37)41/h2-3,11-12,24-27H,4-10,13-23H2,1H3/q+1. The molecule has 1 fully saturated rings. The fourth-order valence-electron chi connectivity index (χ4n) is 9.78. The number of piperidine rings is 1. The van der Waals surface area contributed by atoms with Gasteiger partial charge in [0.25, 0.3) is 11.8 Å². The average Bonchev–Trinajstić information content (AvgIpc) is 3.19. The number of benzene rings is 3. The van der Waals surface area contributed by atoms with Gasteiger partial charge in [0.05, 0.1) is 11.5 Å². The van der Waals surface area contributed by atoms with Gasteiger partial charge < -0.3 is 24.2 Å². The lowest BCUT2D eigenvalue weighted by Crippen LogP contribution is -2.45. The highest BCUT2D eigenvalue weighted by Crippen LogP contribution is 2.49. The van der Waals surface area contributed by atoms with Crippen LogP contribution >= 0.6 is 0 Å². The molecular weight excluding hydrogens is 668 g/mol. The third-order valence-electron chi connectivity index (χ3n) is 12.3. The van der Waals surface area contributed by atoms with Crippen LogP contribution in [-0.2, 0) is 44.9 Å². The molecule has 0 N–H and O–H groups in total. The largest absolute Gasteiger partial charge is 0.455 e. The van der Waals surface area contributed by atoms with Gasteiger partial charge in [-0.1, -0.05) is 18.2 Å². The Hall–Kier alpha value is -4.99. The zero-order valence-corrected chi connectivity index (χ0v) is 30.6. The van der Waals surface area contributed by atoms with E-state index in [1.807, 2.05) is 23.1 Å². The number of ether oxygens (including phenoxy) is 1. The van der Waals surface area contributed by atoms with Crippen molar-refractivity contribution in [2.24, 2.45) is 5.92 Å². The maximum absolute atomic E-state index is 14.6. The zero-order valence-electron chi connectivity index (χ0n) is 30.6. The summed E-state index contributed by atoms with van der Waals surface area (Å²) in [6.45, 7) is 5.15. The third kappa shape index (κ3) is 5.81. The molecule has 6 aliphatic heterocycles. The second kappa shape index (κ2) is 13.8. The van der Waals surface area contributed by atoms with Crippen LogP contribution in [0.2, 0.25) is 0 Å². The lowest BCUT2D eigenvalue weighted by molar-refractivity contribution is -0.197. The average molecular weight is 716 g/mol. The number of hydroxylamine groups is 2. The molecule has 0 aliphatic carbocycles. The highest BCUT2D eigenvalue weighted by atomic mass is 16.7. The quantitative estimate of drug-likeness (QED) is 0.170. The lowest BCUT2D eigenvalue weighted by atomic mass is 9.81. The molecule has 6 heterocycles. The summed E-state index contributed by atoms with van der Waals surface area (Å²) in [4.78, 5) is 60.2. The molecule has 6 aliphatic rings. The molecular formula is C43H47N4O6+. The maximum Gasteiger partial charge on any atom is 0.335 e. The van der Waals surface area contributed by atoms with E-state index in [2.05, 4.69) is 27.7 Å². The number of aldehydes is 1. The van der Waals surface area contributed by atoms with E-state index >= 15 is 0 Å². The first-order valence-corrected chi connectivity index (χ1v) is 19.6. The van der Waals surface area contributed by atoms with Crippen molar-refractivity contribution in [2.45, 2.75) is 77.0 Å². The van der Waals surface area contributed by atoms with E-state index in [1.165, 1.54) is 40.3 Å². The minimum Gasteiger partial charge on any atom is -0.455 e. The van der Waals surface area contributed by atoms with Crippen LogP contribution in [0.5, 0.6) is 11.5 Å². The van der Waals surface area contributed by atoms with Crippen molar-refractivity contribution in [1.29, 1.82) is 0 Å². The number of anilines is 1. The van der Waals surface area contributed by atoms with Crippen LogP contribution in [-0.4, -0.2) is 80.3 Å². The van der Waals surface area contributed by atoms with Crippen molar-refractivity contribution >= 4 is 35.3 Å². The Morgan fingerprint density at radius 3 is 2.43 bits per heavy atom. The van der Waals surface area contributed by atoms with Crippen LogP contribution < -0.4 is 24.8 Å². The Balaban J connectivity index is 1.11. The van der Waals surface area contributed by atoms with Crippen LogP contribution in [0.25, 0.3) is 5.57 Å². The van der Waals surface area contributed by atoms with Gasteiger partial charge in [0.1, 0.15) is 30.9 Å². The van der Waals surface area contributed by atoms with Gasteiger partial charge in [-0.3, -0.25) is 9.59 Å². The number of nitrogens with zero attached hydrogens (tertiary/aromatic N) is 4. The molecule has 9 rings (SSSR count). The van der Waals surface area contributed by atoms with E-state index in [1.54, 1.807) is 0 Å². The fourth-order valence-corrected chi connectivity index (χ4v) is 9.78. The van der Waals surface area contributed by atoms with Crippen LogP contribution in [0, 0.1) is 5.92 Å². The van der Waals surface area contributed by atoms with Crippen molar-refractivity contribution in [3.63, 3.8) is 0 Å². The molecule has 274 valence electrons. The van der Waals surface area contributed by atoms with Crippen LogP contribution in [0.1, 0.15) is 95.1 Å². The number of hydrogen-bond donors (Lipinski definition) is 0. The van der Waals surface area contributed by atoms with Crippen molar-refractivity contribution in [2.75, 3.05) is 51.2 Å². The number of likely N-dealkylation sites (tertiary alicyclic amines) is 1. The predicted molar refractivity (Wildman–Crippen MR) is 200 cm³/mol. The second-order valence-corrected chi connectivity index (χ2v) is 15.5. The lowest BCUT2D eigenvalue weighted by Gasteiger charge is -2.39. The molecule has 0 bridgehead atoms. The Bertz CT molecular complexity index is 2180. The van der Waals surface area contributed by atoms with E-state index in [9.17, 15) is 19.2 Å². The number of carbonyl (C=O) groups excluding carboxylic acids is 4. The predicted octanol–water partition coefficient (Wildman–Crippen LogP) is 3.87. The smallest absolute Gasteiger partial charge is 0.335 e. The summed E-state index contributed by atoms with van der Waals surface area (Å²) in [7, 11) is 1.40. The van der Waals surface area contributed by atoms with Gasteiger partial charge >= 0.3 is 5.97 Å². The number of aryl methyl sites for hydroxylation is 2. The summed E-state index contributed by atoms with van der Waals surface area (Å²) in [5.74, 6) is 0.558. The van der Waals surface area contributed by atoms with Crippen molar-refractivity contribution in [1.82, 2.24) is 14.5 Å². The van der Waals surface area contributed by atoms with Gasteiger partial charge in [-0.15, -0.1) is 0 Å². The minimum absolute atomic E-state index is 0.00974. The van der Waals surface area contributed by atoms with Crippen LogP contribution in [0.3, 0.4) is 0 Å². The second-order valence-electron chi connectivity index (χ2n) is 15.5. The summed E-state index contributed by atoms with van der Waals surface area (Å²) >= 11 is 0. The number of amides is 2. The summed E-state index contributed by atoms with van der Waals surface area (Å²) in [5.41, 5.74) is 10.5. The molecule has 3 aromatic carbocycles. The Morgan fingerprint density at radius 2 is 1.62 bits per heavy atom. The van der Waals surface area contributed by atoms with Crippen molar-refractivity contribution < 1.29 is 28.8 Å². The number of fused-ring (bicyclic) bond motifs is 4. The molecule has 3 aromatic rings. The number of carbonyl (C=O) groups is 4. The molecule has 0 atom stereocenters. The first-order chi connectivity index (χ1) is 25.9. The fraction of sp³-hybridized carbons (Fsp3) is 0.465. The van der Waals surface area contributed by atoms with Crippen molar-refractivity contribution in [3.05, 3.63) is 85.9 Å². The van der Waals surface area contributed by atoms with Gasteiger partial charge in [-0.2, -0.15) is 5.06 Å². The van der Waals surface area contributed by atoms with Crippen LogP contribution in [0.15, 0.2) is 36.4 Å². The van der Waals surface area contributed by atoms with E-state index in [4.69, 9.17) is 9.57 Å². The van der Waals surface area contributed by atoms with E-state index in [-0.39, 0.29) is 18.7 Å². The maximum atomic E-state index is 14.6.